The summed E-state index contributed by atoms with van der Waals surface area (Å²) in [5, 5.41) is 15.9. The number of nitrogens with zero attached hydrogens (tertiary/aromatic N) is 3. The van der Waals surface area contributed by atoms with Gasteiger partial charge in [-0.05, 0) is 30.7 Å². The molecule has 1 amide bonds. The SMILES string of the molecule is Cc1nc(C(=O)N2CCC[C@@H]2C[C@@H](O)c2cccs2)no1. The van der Waals surface area contributed by atoms with Crippen LogP contribution >= 0.6 is 11.3 Å². The molecule has 1 N–H and O–H groups in total. The normalized spacial score (nSPS) is 19.9. The lowest BCUT2D eigenvalue weighted by atomic mass is 10.1. The Morgan fingerprint density at radius 3 is 3.19 bits per heavy atom. The highest BCUT2D eigenvalue weighted by molar-refractivity contribution is 7.10. The van der Waals surface area contributed by atoms with E-state index in [1.807, 2.05) is 17.5 Å². The third-order valence-corrected chi connectivity index (χ3v) is 4.70. The summed E-state index contributed by atoms with van der Waals surface area (Å²) in [7, 11) is 0. The molecule has 0 radical (unpaired) electrons. The number of aryl methyl sites for hydroxylation is 1. The van der Waals surface area contributed by atoms with E-state index in [9.17, 15) is 9.90 Å². The Morgan fingerprint density at radius 2 is 2.52 bits per heavy atom. The highest BCUT2D eigenvalue weighted by Crippen LogP contribution is 2.30. The number of aliphatic hydroxyl groups is 1. The second-order valence-electron chi connectivity index (χ2n) is 5.20. The fourth-order valence-electron chi connectivity index (χ4n) is 2.72. The highest BCUT2D eigenvalue weighted by Gasteiger charge is 2.33. The van der Waals surface area contributed by atoms with Crippen LogP contribution in [0.2, 0.25) is 0 Å². The molecule has 1 aliphatic rings. The fraction of sp³-hybridized carbons (Fsp3) is 0.500. The highest BCUT2D eigenvalue weighted by atomic mass is 32.1. The van der Waals surface area contributed by atoms with Gasteiger partial charge in [-0.1, -0.05) is 11.2 Å². The van der Waals surface area contributed by atoms with Gasteiger partial charge in [0.05, 0.1) is 6.10 Å². The fourth-order valence-corrected chi connectivity index (χ4v) is 3.44. The van der Waals surface area contributed by atoms with E-state index in [1.54, 1.807) is 11.8 Å². The van der Waals surface area contributed by atoms with Crippen LogP contribution in [0.25, 0.3) is 0 Å². The molecule has 112 valence electrons. The molecule has 2 aromatic rings. The number of aliphatic hydroxyl groups excluding tert-OH is 1. The van der Waals surface area contributed by atoms with Crippen LogP contribution in [0.5, 0.6) is 0 Å². The molecule has 2 aromatic heterocycles. The Labute approximate surface area is 126 Å². The monoisotopic (exact) mass is 307 g/mol. The smallest absolute Gasteiger partial charge is 0.295 e. The van der Waals surface area contributed by atoms with Crippen molar-refractivity contribution in [3.63, 3.8) is 0 Å². The van der Waals surface area contributed by atoms with Crippen LogP contribution in [0, 0.1) is 6.92 Å². The number of likely N-dealkylation sites (tertiary alicyclic amines) is 1. The Kier molecular flexibility index (Phi) is 4.03. The van der Waals surface area contributed by atoms with Crippen LogP contribution < -0.4 is 0 Å². The van der Waals surface area contributed by atoms with Crippen molar-refractivity contribution in [3.8, 4) is 0 Å². The van der Waals surface area contributed by atoms with Crippen LogP contribution in [0.4, 0.5) is 0 Å². The number of rotatable bonds is 4. The van der Waals surface area contributed by atoms with Gasteiger partial charge in [-0.25, -0.2) is 0 Å². The van der Waals surface area contributed by atoms with Gasteiger partial charge in [-0.15, -0.1) is 11.3 Å². The first kappa shape index (κ1) is 14.2. The maximum atomic E-state index is 12.4. The molecule has 0 unspecified atom stereocenters. The van der Waals surface area contributed by atoms with E-state index in [1.165, 1.54) is 11.3 Å². The van der Waals surface area contributed by atoms with Crippen molar-refractivity contribution in [2.45, 2.75) is 38.3 Å². The summed E-state index contributed by atoms with van der Waals surface area (Å²) in [6, 6.07) is 3.86. The van der Waals surface area contributed by atoms with Crippen molar-refractivity contribution in [1.82, 2.24) is 15.0 Å². The molecule has 3 rings (SSSR count). The number of carbonyl (C=O) groups is 1. The lowest BCUT2D eigenvalue weighted by molar-refractivity contribution is 0.0655. The van der Waals surface area contributed by atoms with E-state index in [-0.39, 0.29) is 17.8 Å². The van der Waals surface area contributed by atoms with Crippen LogP contribution in [0.3, 0.4) is 0 Å². The molecule has 3 heterocycles. The molecule has 1 saturated heterocycles. The minimum Gasteiger partial charge on any atom is -0.387 e. The molecule has 0 spiro atoms. The molecule has 0 aliphatic carbocycles. The average molecular weight is 307 g/mol. The first-order chi connectivity index (χ1) is 10.1. The summed E-state index contributed by atoms with van der Waals surface area (Å²) in [6.45, 7) is 2.33. The molecule has 7 heteroatoms. The van der Waals surface area contributed by atoms with Gasteiger partial charge in [-0.3, -0.25) is 4.79 Å². The maximum Gasteiger partial charge on any atom is 0.295 e. The first-order valence-electron chi connectivity index (χ1n) is 6.98. The maximum absolute atomic E-state index is 12.4. The minimum absolute atomic E-state index is 0.0217. The zero-order chi connectivity index (χ0) is 14.8. The third kappa shape index (κ3) is 2.98. The molecular weight excluding hydrogens is 290 g/mol. The Hall–Kier alpha value is -1.73. The van der Waals surface area contributed by atoms with Crippen LogP contribution in [-0.4, -0.2) is 38.6 Å². The minimum atomic E-state index is -0.532. The van der Waals surface area contributed by atoms with Crippen LogP contribution in [0.15, 0.2) is 22.0 Å². The second kappa shape index (κ2) is 5.95. The largest absolute Gasteiger partial charge is 0.387 e. The topological polar surface area (TPSA) is 79.5 Å². The predicted molar refractivity (Wildman–Crippen MR) is 77.0 cm³/mol. The molecule has 0 bridgehead atoms. The summed E-state index contributed by atoms with van der Waals surface area (Å²) in [4.78, 5) is 19.1. The number of aromatic nitrogens is 2. The van der Waals surface area contributed by atoms with E-state index < -0.39 is 6.10 Å². The number of carbonyl (C=O) groups excluding carboxylic acids is 1. The van der Waals surface area contributed by atoms with Gasteiger partial charge >= 0.3 is 0 Å². The Bertz CT molecular complexity index is 611. The van der Waals surface area contributed by atoms with Gasteiger partial charge in [0.25, 0.3) is 11.7 Å². The van der Waals surface area contributed by atoms with Gasteiger partial charge < -0.3 is 14.5 Å². The molecule has 2 atom stereocenters. The van der Waals surface area contributed by atoms with Gasteiger partial charge in [0, 0.05) is 24.4 Å². The molecule has 6 nitrogen and oxygen atoms in total. The number of hydrogen-bond acceptors (Lipinski definition) is 6. The zero-order valence-electron chi connectivity index (χ0n) is 11.7. The van der Waals surface area contributed by atoms with Crippen LogP contribution in [-0.2, 0) is 0 Å². The summed E-state index contributed by atoms with van der Waals surface area (Å²) >= 11 is 1.53. The number of thiophene rings is 1. The number of amides is 1. The predicted octanol–water partition coefficient (Wildman–Crippen LogP) is 2.17. The number of hydrogen-bond donors (Lipinski definition) is 1. The van der Waals surface area contributed by atoms with Crippen molar-refractivity contribution in [3.05, 3.63) is 34.1 Å². The summed E-state index contributed by atoms with van der Waals surface area (Å²) in [6.07, 6.45) is 1.84. The van der Waals surface area contributed by atoms with Crippen molar-refractivity contribution < 1.29 is 14.4 Å². The molecule has 21 heavy (non-hydrogen) atoms. The summed E-state index contributed by atoms with van der Waals surface area (Å²) < 4.78 is 4.86. The quantitative estimate of drug-likeness (QED) is 0.936. The third-order valence-electron chi connectivity index (χ3n) is 3.72. The molecular formula is C14H17N3O3S. The average Bonchev–Trinajstić information content (AvgIpc) is 3.18. The van der Waals surface area contributed by atoms with E-state index in [0.29, 0.717) is 18.9 Å². The van der Waals surface area contributed by atoms with Crippen molar-refractivity contribution in [1.29, 1.82) is 0 Å². The molecule has 0 aromatic carbocycles. The first-order valence-corrected chi connectivity index (χ1v) is 7.86. The molecule has 1 fully saturated rings. The standard InChI is InChI=1S/C14H17N3O3S/c1-9-15-13(16-20-9)14(19)17-6-2-4-10(17)8-11(18)12-5-3-7-21-12/h3,5,7,10-11,18H,2,4,6,8H2,1H3/t10-,11-/m1/s1. The molecule has 1 aliphatic heterocycles. The van der Waals surface area contributed by atoms with Crippen molar-refractivity contribution in [2.24, 2.45) is 0 Å². The van der Waals surface area contributed by atoms with Crippen molar-refractivity contribution >= 4 is 17.2 Å². The Morgan fingerprint density at radius 1 is 1.67 bits per heavy atom. The van der Waals surface area contributed by atoms with E-state index in [0.717, 1.165) is 17.7 Å². The van der Waals surface area contributed by atoms with E-state index in [2.05, 4.69) is 10.1 Å². The summed E-state index contributed by atoms with van der Waals surface area (Å²) in [5.74, 6) is 0.269. The zero-order valence-corrected chi connectivity index (χ0v) is 12.5. The van der Waals surface area contributed by atoms with Gasteiger partial charge in [-0.2, -0.15) is 4.98 Å². The van der Waals surface area contributed by atoms with Crippen molar-refractivity contribution in [2.75, 3.05) is 6.54 Å². The van der Waals surface area contributed by atoms with Gasteiger partial charge in [0.1, 0.15) is 0 Å². The van der Waals surface area contributed by atoms with Gasteiger partial charge in [0.15, 0.2) is 0 Å². The molecule has 0 saturated carbocycles. The van der Waals surface area contributed by atoms with E-state index in [4.69, 9.17) is 4.52 Å². The lowest BCUT2D eigenvalue weighted by Crippen LogP contribution is -2.37. The summed E-state index contributed by atoms with van der Waals surface area (Å²) in [5.41, 5.74) is 0. The second-order valence-corrected chi connectivity index (χ2v) is 6.18. The van der Waals surface area contributed by atoms with E-state index >= 15 is 0 Å². The lowest BCUT2D eigenvalue weighted by Gasteiger charge is -2.25. The Balaban J connectivity index is 1.69. The van der Waals surface area contributed by atoms with Crippen LogP contribution in [0.1, 0.15) is 46.8 Å². The van der Waals surface area contributed by atoms with Gasteiger partial charge in [0.2, 0.25) is 5.89 Å².